The van der Waals surface area contributed by atoms with E-state index in [4.69, 9.17) is 5.21 Å². The van der Waals surface area contributed by atoms with Gasteiger partial charge >= 0.3 is 0 Å². The second-order valence-corrected chi connectivity index (χ2v) is 4.72. The zero-order chi connectivity index (χ0) is 10.8. The molecule has 1 atom stereocenters. The molecule has 0 aromatic heterocycles. The lowest BCUT2D eigenvalue weighted by Gasteiger charge is -2.20. The summed E-state index contributed by atoms with van der Waals surface area (Å²) in [5.74, 6) is 0. The summed E-state index contributed by atoms with van der Waals surface area (Å²) >= 11 is 0. The Labute approximate surface area is 85.9 Å². The van der Waals surface area contributed by atoms with Gasteiger partial charge in [0.1, 0.15) is 0 Å². The molecule has 2 N–H and O–H groups in total. The van der Waals surface area contributed by atoms with E-state index in [1.54, 1.807) is 0 Å². The van der Waals surface area contributed by atoms with Gasteiger partial charge in [0.15, 0.2) is 0 Å². The van der Waals surface area contributed by atoms with Crippen LogP contribution in [0.2, 0.25) is 0 Å². The first-order valence-electron chi connectivity index (χ1n) is 4.95. The third kappa shape index (κ3) is 2.56. The minimum absolute atomic E-state index is 0.0102. The quantitative estimate of drug-likeness (QED) is 0.708. The summed E-state index contributed by atoms with van der Waals surface area (Å²) in [5.41, 5.74) is 4.84. The van der Waals surface area contributed by atoms with E-state index in [2.05, 4.69) is 50.5 Å². The summed E-state index contributed by atoms with van der Waals surface area (Å²) in [6.45, 7) is 8.49. The van der Waals surface area contributed by atoms with Crippen LogP contribution in [0.4, 0.5) is 0 Å². The van der Waals surface area contributed by atoms with Crippen LogP contribution >= 0.6 is 0 Å². The van der Waals surface area contributed by atoms with Crippen molar-refractivity contribution in [3.05, 3.63) is 35.4 Å². The number of rotatable bonds is 2. The van der Waals surface area contributed by atoms with Gasteiger partial charge in [-0.05, 0) is 23.5 Å². The fourth-order valence-corrected chi connectivity index (χ4v) is 1.35. The van der Waals surface area contributed by atoms with Crippen LogP contribution in [-0.4, -0.2) is 5.21 Å². The molecular weight excluding hydrogens is 174 g/mol. The predicted octanol–water partition coefficient (Wildman–Crippen LogP) is 3.02. The summed E-state index contributed by atoms with van der Waals surface area (Å²) in [6, 6.07) is 8.32. The highest BCUT2D eigenvalue weighted by Crippen LogP contribution is 2.23. The zero-order valence-corrected chi connectivity index (χ0v) is 9.33. The lowest BCUT2D eigenvalue weighted by molar-refractivity contribution is 0.133. The average molecular weight is 193 g/mol. The standard InChI is InChI=1S/C12H19NO/c1-9(13-14)10-5-7-11(8-6-10)12(2,3)4/h5-9,13-14H,1-4H3/t9-/m1/s1. The Morgan fingerprint density at radius 3 is 2.00 bits per heavy atom. The molecule has 0 bridgehead atoms. The summed E-state index contributed by atoms with van der Waals surface area (Å²) in [5, 5.41) is 8.77. The molecule has 2 heteroatoms. The smallest absolute Gasteiger partial charge is 0.0540 e. The Morgan fingerprint density at radius 2 is 1.64 bits per heavy atom. The maximum atomic E-state index is 8.77. The molecule has 1 rings (SSSR count). The van der Waals surface area contributed by atoms with Crippen LogP contribution in [-0.2, 0) is 5.41 Å². The van der Waals surface area contributed by atoms with Gasteiger partial charge in [-0.2, -0.15) is 5.48 Å². The van der Waals surface area contributed by atoms with Crippen LogP contribution < -0.4 is 5.48 Å². The number of benzene rings is 1. The molecule has 0 aliphatic heterocycles. The first-order valence-corrected chi connectivity index (χ1v) is 4.95. The molecule has 0 radical (unpaired) electrons. The number of hydroxylamine groups is 1. The molecule has 1 aromatic carbocycles. The number of hydrogen-bond donors (Lipinski definition) is 2. The second kappa shape index (κ2) is 4.11. The monoisotopic (exact) mass is 193 g/mol. The van der Waals surface area contributed by atoms with Gasteiger partial charge in [-0.25, -0.2) is 0 Å². The minimum atomic E-state index is -0.0102. The summed E-state index contributed by atoms with van der Waals surface area (Å²) < 4.78 is 0. The second-order valence-electron chi connectivity index (χ2n) is 4.72. The van der Waals surface area contributed by atoms with Crippen molar-refractivity contribution in [2.45, 2.75) is 39.2 Å². The Bertz CT molecular complexity index is 284. The van der Waals surface area contributed by atoms with E-state index in [0.29, 0.717) is 0 Å². The van der Waals surface area contributed by atoms with Gasteiger partial charge in [-0.3, -0.25) is 0 Å². The van der Waals surface area contributed by atoms with Gasteiger partial charge in [0, 0.05) is 0 Å². The van der Waals surface area contributed by atoms with Gasteiger partial charge in [0.2, 0.25) is 0 Å². The predicted molar refractivity (Wildman–Crippen MR) is 58.5 cm³/mol. The average Bonchev–Trinajstić information content (AvgIpc) is 2.15. The van der Waals surface area contributed by atoms with Crippen LogP contribution in [0.25, 0.3) is 0 Å². The number of nitrogens with one attached hydrogen (secondary N) is 1. The molecular formula is C12H19NO. The SMILES string of the molecule is C[C@@H](NO)c1ccc(C(C)(C)C)cc1. The van der Waals surface area contributed by atoms with Crippen LogP contribution in [0.1, 0.15) is 44.9 Å². The van der Waals surface area contributed by atoms with Crippen molar-refractivity contribution in [1.82, 2.24) is 5.48 Å². The lowest BCUT2D eigenvalue weighted by Crippen LogP contribution is -2.14. The Kier molecular flexibility index (Phi) is 3.29. The summed E-state index contributed by atoms with van der Waals surface area (Å²) in [6.07, 6.45) is 0. The minimum Gasteiger partial charge on any atom is -0.316 e. The van der Waals surface area contributed by atoms with Crippen molar-refractivity contribution in [1.29, 1.82) is 0 Å². The van der Waals surface area contributed by atoms with Gasteiger partial charge < -0.3 is 5.21 Å². The van der Waals surface area contributed by atoms with Crippen LogP contribution in [0.15, 0.2) is 24.3 Å². The van der Waals surface area contributed by atoms with Crippen LogP contribution in [0.5, 0.6) is 0 Å². The van der Waals surface area contributed by atoms with E-state index in [-0.39, 0.29) is 11.5 Å². The topological polar surface area (TPSA) is 32.3 Å². The van der Waals surface area contributed by atoms with Gasteiger partial charge in [0.25, 0.3) is 0 Å². The van der Waals surface area contributed by atoms with E-state index in [1.165, 1.54) is 5.56 Å². The third-order valence-electron chi connectivity index (χ3n) is 2.47. The summed E-state index contributed by atoms with van der Waals surface area (Å²) in [7, 11) is 0. The maximum absolute atomic E-state index is 8.77. The van der Waals surface area contributed by atoms with Crippen LogP contribution in [0.3, 0.4) is 0 Å². The molecule has 0 heterocycles. The highest BCUT2D eigenvalue weighted by molar-refractivity contribution is 5.28. The largest absolute Gasteiger partial charge is 0.316 e. The maximum Gasteiger partial charge on any atom is 0.0540 e. The molecule has 0 spiro atoms. The Hall–Kier alpha value is -0.860. The Morgan fingerprint density at radius 1 is 1.14 bits per heavy atom. The molecule has 0 fully saturated rings. The first kappa shape index (κ1) is 11.2. The van der Waals surface area contributed by atoms with Crippen molar-refractivity contribution in [2.24, 2.45) is 0 Å². The molecule has 78 valence electrons. The Balaban J connectivity index is 2.89. The molecule has 0 saturated carbocycles. The van der Waals surface area contributed by atoms with Crippen LogP contribution in [0, 0.1) is 0 Å². The van der Waals surface area contributed by atoms with Gasteiger partial charge in [-0.15, -0.1) is 0 Å². The van der Waals surface area contributed by atoms with E-state index >= 15 is 0 Å². The van der Waals surface area contributed by atoms with Gasteiger partial charge in [0.05, 0.1) is 6.04 Å². The van der Waals surface area contributed by atoms with Gasteiger partial charge in [-0.1, -0.05) is 45.0 Å². The normalized spacial score (nSPS) is 14.1. The first-order chi connectivity index (χ1) is 6.45. The molecule has 2 nitrogen and oxygen atoms in total. The zero-order valence-electron chi connectivity index (χ0n) is 9.33. The molecule has 1 aromatic rings. The molecule has 14 heavy (non-hydrogen) atoms. The van der Waals surface area contributed by atoms with Crippen molar-refractivity contribution in [3.63, 3.8) is 0 Å². The van der Waals surface area contributed by atoms with E-state index < -0.39 is 0 Å². The molecule has 0 aliphatic rings. The molecule has 0 aliphatic carbocycles. The van der Waals surface area contributed by atoms with E-state index in [1.807, 2.05) is 6.92 Å². The molecule has 0 amide bonds. The fourth-order valence-electron chi connectivity index (χ4n) is 1.35. The summed E-state index contributed by atoms with van der Waals surface area (Å²) in [4.78, 5) is 0. The van der Waals surface area contributed by atoms with E-state index in [9.17, 15) is 0 Å². The van der Waals surface area contributed by atoms with Crippen molar-refractivity contribution in [2.75, 3.05) is 0 Å². The third-order valence-corrected chi connectivity index (χ3v) is 2.47. The van der Waals surface area contributed by atoms with Crippen molar-refractivity contribution >= 4 is 0 Å². The highest BCUT2D eigenvalue weighted by atomic mass is 16.5. The van der Waals surface area contributed by atoms with Crippen molar-refractivity contribution in [3.8, 4) is 0 Å². The fraction of sp³-hybridized carbons (Fsp3) is 0.500. The highest BCUT2D eigenvalue weighted by Gasteiger charge is 2.13. The molecule has 0 saturated heterocycles. The number of hydrogen-bond acceptors (Lipinski definition) is 2. The van der Waals surface area contributed by atoms with Crippen molar-refractivity contribution < 1.29 is 5.21 Å². The van der Waals surface area contributed by atoms with E-state index in [0.717, 1.165) is 5.56 Å². The lowest BCUT2D eigenvalue weighted by atomic mass is 9.86. The molecule has 0 unspecified atom stereocenters.